The summed E-state index contributed by atoms with van der Waals surface area (Å²) in [5, 5.41) is 18.6. The Bertz CT molecular complexity index is 1170. The van der Waals surface area contributed by atoms with Crippen molar-refractivity contribution in [2.75, 3.05) is 24.6 Å². The molecule has 0 saturated carbocycles. The number of hydrogen-bond acceptors (Lipinski definition) is 8. The fourth-order valence-electron chi connectivity index (χ4n) is 3.79. The largest absolute Gasteiger partial charge is 0.504 e. The van der Waals surface area contributed by atoms with Gasteiger partial charge in [-0.15, -0.1) is 0 Å². The highest BCUT2D eigenvalue weighted by Gasteiger charge is 2.26. The Morgan fingerprint density at radius 1 is 1.26 bits per heavy atom. The standard InChI is InChI=1S/C21H26N4O5S/c1-2-29-20-11-14(3-5-18(20)26)13-25(15-7-9-23-10-8-15)21-24-17-12-16(31(22,27)28)4-6-19(17)30-21/h3-6,11-12,15,23,26H,2,7-10,13H2,1H3,(H2,22,27,28). The lowest BCUT2D eigenvalue weighted by atomic mass is 10.0. The van der Waals surface area contributed by atoms with Crippen LogP contribution in [0.25, 0.3) is 11.1 Å². The maximum Gasteiger partial charge on any atom is 0.298 e. The van der Waals surface area contributed by atoms with Gasteiger partial charge in [-0.3, -0.25) is 0 Å². The van der Waals surface area contributed by atoms with Gasteiger partial charge in [0, 0.05) is 12.6 Å². The number of hydrogen-bond donors (Lipinski definition) is 3. The summed E-state index contributed by atoms with van der Waals surface area (Å²) in [4.78, 5) is 6.65. The van der Waals surface area contributed by atoms with Crippen LogP contribution in [0.3, 0.4) is 0 Å². The van der Waals surface area contributed by atoms with Gasteiger partial charge in [-0.25, -0.2) is 13.6 Å². The van der Waals surface area contributed by atoms with Gasteiger partial charge >= 0.3 is 0 Å². The number of aromatic hydroxyl groups is 1. The highest BCUT2D eigenvalue weighted by molar-refractivity contribution is 7.89. The number of phenols is 1. The van der Waals surface area contributed by atoms with E-state index in [1.54, 1.807) is 12.1 Å². The highest BCUT2D eigenvalue weighted by Crippen LogP contribution is 2.31. The van der Waals surface area contributed by atoms with Gasteiger partial charge in [0.05, 0.1) is 11.5 Å². The smallest absolute Gasteiger partial charge is 0.298 e. The maximum absolute atomic E-state index is 11.7. The minimum Gasteiger partial charge on any atom is -0.504 e. The predicted molar refractivity (Wildman–Crippen MR) is 117 cm³/mol. The number of rotatable bonds is 7. The highest BCUT2D eigenvalue weighted by atomic mass is 32.2. The van der Waals surface area contributed by atoms with Crippen LogP contribution in [0.4, 0.5) is 6.01 Å². The molecule has 1 aliphatic rings. The van der Waals surface area contributed by atoms with Crippen LogP contribution in [0.5, 0.6) is 11.5 Å². The van der Waals surface area contributed by atoms with Crippen molar-refractivity contribution >= 4 is 27.1 Å². The zero-order chi connectivity index (χ0) is 22.0. The van der Waals surface area contributed by atoms with Crippen LogP contribution in [-0.2, 0) is 16.6 Å². The summed E-state index contributed by atoms with van der Waals surface area (Å²) in [6.45, 7) is 4.58. The fraction of sp³-hybridized carbons (Fsp3) is 0.381. The van der Waals surface area contributed by atoms with Gasteiger partial charge in [0.25, 0.3) is 6.01 Å². The molecule has 0 amide bonds. The van der Waals surface area contributed by atoms with Gasteiger partial charge in [0.15, 0.2) is 17.1 Å². The van der Waals surface area contributed by atoms with Crippen molar-refractivity contribution in [3.05, 3.63) is 42.0 Å². The second-order valence-electron chi connectivity index (χ2n) is 7.52. The number of ether oxygens (including phenoxy) is 1. The number of aromatic nitrogens is 1. The summed E-state index contributed by atoms with van der Waals surface area (Å²) < 4.78 is 34.9. The molecular weight excluding hydrogens is 420 g/mol. The van der Waals surface area contributed by atoms with Crippen LogP contribution in [0.15, 0.2) is 45.7 Å². The zero-order valence-corrected chi connectivity index (χ0v) is 18.1. The maximum atomic E-state index is 11.7. The Balaban J connectivity index is 1.70. The van der Waals surface area contributed by atoms with Gasteiger partial charge < -0.3 is 24.5 Å². The van der Waals surface area contributed by atoms with Crippen LogP contribution >= 0.6 is 0 Å². The number of nitrogens with one attached hydrogen (secondary N) is 1. The quantitative estimate of drug-likeness (QED) is 0.504. The third kappa shape index (κ3) is 4.76. The number of anilines is 1. The molecule has 1 saturated heterocycles. The van der Waals surface area contributed by atoms with Crippen LogP contribution in [0.1, 0.15) is 25.3 Å². The number of primary sulfonamides is 1. The average molecular weight is 447 g/mol. The molecule has 1 aliphatic heterocycles. The van der Waals surface area contributed by atoms with Crippen molar-refractivity contribution in [3.8, 4) is 11.5 Å². The molecule has 1 aromatic heterocycles. The van der Waals surface area contributed by atoms with Gasteiger partial charge in [0.2, 0.25) is 10.0 Å². The molecule has 9 nitrogen and oxygen atoms in total. The third-order valence-corrected chi connectivity index (χ3v) is 6.26. The average Bonchev–Trinajstić information content (AvgIpc) is 3.17. The van der Waals surface area contributed by atoms with E-state index in [0.29, 0.717) is 36.0 Å². The molecule has 4 rings (SSSR count). The molecule has 0 unspecified atom stereocenters. The fourth-order valence-corrected chi connectivity index (χ4v) is 4.32. The first-order chi connectivity index (χ1) is 14.8. The summed E-state index contributed by atoms with van der Waals surface area (Å²) in [6.07, 6.45) is 1.83. The Morgan fingerprint density at radius 2 is 2.03 bits per heavy atom. The van der Waals surface area contributed by atoms with E-state index in [1.165, 1.54) is 12.1 Å². The number of oxazole rings is 1. The Labute approximate surface area is 180 Å². The van der Waals surface area contributed by atoms with Crippen LogP contribution in [-0.4, -0.2) is 44.2 Å². The van der Waals surface area contributed by atoms with E-state index < -0.39 is 10.0 Å². The first kappa shape index (κ1) is 21.4. The molecule has 2 aromatic carbocycles. The summed E-state index contributed by atoms with van der Waals surface area (Å²) in [7, 11) is -3.83. The molecule has 2 heterocycles. The molecule has 10 heteroatoms. The van der Waals surface area contributed by atoms with Crippen molar-refractivity contribution in [3.63, 3.8) is 0 Å². The lowest BCUT2D eigenvalue weighted by molar-refractivity contribution is 0.317. The second-order valence-corrected chi connectivity index (χ2v) is 9.08. The molecule has 0 bridgehead atoms. The first-order valence-electron chi connectivity index (χ1n) is 10.2. The van der Waals surface area contributed by atoms with Gasteiger partial charge in [0.1, 0.15) is 5.52 Å². The van der Waals surface area contributed by atoms with E-state index >= 15 is 0 Å². The Hall–Kier alpha value is -2.82. The molecule has 3 aromatic rings. The predicted octanol–water partition coefficient (Wildman–Crippen LogP) is 2.34. The number of benzene rings is 2. The summed E-state index contributed by atoms with van der Waals surface area (Å²) >= 11 is 0. The molecule has 166 valence electrons. The van der Waals surface area contributed by atoms with Crippen LogP contribution < -0.4 is 20.1 Å². The van der Waals surface area contributed by atoms with E-state index in [9.17, 15) is 13.5 Å². The Kier molecular flexibility index (Phi) is 6.03. The van der Waals surface area contributed by atoms with Crippen molar-refractivity contribution in [1.29, 1.82) is 0 Å². The molecule has 1 fully saturated rings. The van der Waals surface area contributed by atoms with Crippen LogP contribution in [0.2, 0.25) is 0 Å². The number of piperidine rings is 1. The molecule has 31 heavy (non-hydrogen) atoms. The van der Waals surface area contributed by atoms with E-state index in [4.69, 9.17) is 14.3 Å². The van der Waals surface area contributed by atoms with E-state index in [1.807, 2.05) is 19.1 Å². The van der Waals surface area contributed by atoms with Crippen molar-refractivity contribution < 1.29 is 22.7 Å². The van der Waals surface area contributed by atoms with E-state index in [2.05, 4.69) is 15.2 Å². The summed E-state index contributed by atoms with van der Waals surface area (Å²) in [5.41, 5.74) is 1.86. The summed E-state index contributed by atoms with van der Waals surface area (Å²) in [5.74, 6) is 0.525. The SMILES string of the molecule is CCOc1cc(CN(c2nc3cc(S(N)(=O)=O)ccc3o2)C2CCNCC2)ccc1O. The monoisotopic (exact) mass is 446 g/mol. The van der Waals surface area contributed by atoms with Crippen molar-refractivity contribution in [2.24, 2.45) is 5.14 Å². The van der Waals surface area contributed by atoms with E-state index in [-0.39, 0.29) is 16.7 Å². The van der Waals surface area contributed by atoms with Crippen LogP contribution in [0, 0.1) is 0 Å². The lowest BCUT2D eigenvalue weighted by Crippen LogP contribution is -2.43. The lowest BCUT2D eigenvalue weighted by Gasteiger charge is -2.33. The second kappa shape index (κ2) is 8.74. The number of nitrogens with zero attached hydrogens (tertiary/aromatic N) is 2. The summed E-state index contributed by atoms with van der Waals surface area (Å²) in [6, 6.07) is 10.3. The van der Waals surface area contributed by atoms with Crippen molar-refractivity contribution in [1.82, 2.24) is 10.3 Å². The van der Waals surface area contributed by atoms with Gasteiger partial charge in [-0.1, -0.05) is 6.07 Å². The van der Waals surface area contributed by atoms with E-state index in [0.717, 1.165) is 31.5 Å². The number of nitrogens with two attached hydrogens (primary N) is 1. The van der Waals surface area contributed by atoms with Gasteiger partial charge in [-0.2, -0.15) is 4.98 Å². The normalized spacial score (nSPS) is 15.3. The minimum absolute atomic E-state index is 0.00634. The molecule has 0 radical (unpaired) electrons. The minimum atomic E-state index is -3.83. The molecule has 0 spiro atoms. The molecule has 4 N–H and O–H groups in total. The molecule has 0 atom stereocenters. The zero-order valence-electron chi connectivity index (χ0n) is 17.2. The topological polar surface area (TPSA) is 131 Å². The third-order valence-electron chi connectivity index (χ3n) is 5.35. The van der Waals surface area contributed by atoms with Crippen molar-refractivity contribution in [2.45, 2.75) is 37.2 Å². The number of sulfonamides is 1. The Morgan fingerprint density at radius 3 is 2.74 bits per heavy atom. The molecule has 0 aliphatic carbocycles. The number of phenolic OH excluding ortho intramolecular Hbond substituents is 1. The number of fused-ring (bicyclic) bond motifs is 1. The van der Waals surface area contributed by atoms with Gasteiger partial charge in [-0.05, 0) is 68.8 Å². The first-order valence-corrected chi connectivity index (χ1v) is 11.7. The molecular formula is C21H26N4O5S.